The number of amides is 1. The van der Waals surface area contributed by atoms with Crippen LogP contribution >= 0.6 is 0 Å². The molecule has 3 aromatic carbocycles. The predicted octanol–water partition coefficient (Wildman–Crippen LogP) is 5.07. The molecule has 1 aliphatic rings. The molecule has 0 saturated carbocycles. The summed E-state index contributed by atoms with van der Waals surface area (Å²) in [5.41, 5.74) is 3.41. The van der Waals surface area contributed by atoms with Crippen LogP contribution in [0, 0.1) is 6.92 Å². The SMILES string of the molecule is CCOc1ccccc1N(CC(=O)NC(C)c1ccc(N2CCCC2)cc1)S(=O)(=O)c1ccc(C)cc1. The summed E-state index contributed by atoms with van der Waals surface area (Å²) in [4.78, 5) is 15.7. The lowest BCUT2D eigenvalue weighted by molar-refractivity contribution is -0.120. The van der Waals surface area contributed by atoms with Gasteiger partial charge in [-0.1, -0.05) is 42.0 Å². The second-order valence-corrected chi connectivity index (χ2v) is 11.2. The lowest BCUT2D eigenvalue weighted by Gasteiger charge is -2.27. The number of ether oxygens (including phenoxy) is 1. The average Bonchev–Trinajstić information content (AvgIpc) is 3.43. The van der Waals surface area contributed by atoms with E-state index in [2.05, 4.69) is 22.3 Å². The molecule has 0 aliphatic carbocycles. The van der Waals surface area contributed by atoms with E-state index < -0.39 is 15.9 Å². The minimum Gasteiger partial charge on any atom is -0.492 e. The van der Waals surface area contributed by atoms with Crippen LogP contribution in [-0.2, 0) is 14.8 Å². The van der Waals surface area contributed by atoms with Gasteiger partial charge in [0.05, 0.1) is 23.2 Å². The average molecular weight is 522 g/mol. The number of nitrogens with one attached hydrogen (secondary N) is 1. The summed E-state index contributed by atoms with van der Waals surface area (Å²) in [5, 5.41) is 2.97. The van der Waals surface area contributed by atoms with Gasteiger partial charge in [-0.2, -0.15) is 0 Å². The smallest absolute Gasteiger partial charge is 0.264 e. The fraction of sp³-hybridized carbons (Fsp3) is 0.345. The van der Waals surface area contributed by atoms with Gasteiger partial charge in [-0.25, -0.2) is 8.42 Å². The van der Waals surface area contributed by atoms with Crippen LogP contribution in [0.15, 0.2) is 77.7 Å². The van der Waals surface area contributed by atoms with Crippen molar-refractivity contribution in [3.63, 3.8) is 0 Å². The zero-order chi connectivity index (χ0) is 26.4. The Labute approximate surface area is 220 Å². The van der Waals surface area contributed by atoms with Crippen molar-refractivity contribution < 1.29 is 17.9 Å². The molecule has 0 spiro atoms. The standard InChI is InChI=1S/C29H35N3O4S/c1-4-36-28-10-6-5-9-27(28)32(37(34,35)26-17-11-22(2)12-18-26)21-29(33)30-23(3)24-13-15-25(16-14-24)31-19-7-8-20-31/h5-6,9-18,23H,4,7-8,19-21H2,1-3H3,(H,30,33). The number of benzene rings is 3. The number of nitrogens with zero attached hydrogens (tertiary/aromatic N) is 2. The van der Waals surface area contributed by atoms with Gasteiger partial charge in [0, 0.05) is 18.8 Å². The van der Waals surface area contributed by atoms with Crippen molar-refractivity contribution in [2.75, 3.05) is 35.4 Å². The van der Waals surface area contributed by atoms with Gasteiger partial charge in [0.2, 0.25) is 5.91 Å². The third-order valence-corrected chi connectivity index (χ3v) is 8.35. The largest absolute Gasteiger partial charge is 0.492 e. The first kappa shape index (κ1) is 26.5. The number of anilines is 2. The van der Waals surface area contributed by atoms with Gasteiger partial charge in [0.25, 0.3) is 10.0 Å². The van der Waals surface area contributed by atoms with Gasteiger partial charge < -0.3 is 15.0 Å². The quantitative estimate of drug-likeness (QED) is 0.403. The predicted molar refractivity (Wildman–Crippen MR) is 148 cm³/mol. The molecule has 196 valence electrons. The van der Waals surface area contributed by atoms with Crippen molar-refractivity contribution in [2.45, 2.75) is 44.6 Å². The molecule has 1 atom stereocenters. The van der Waals surface area contributed by atoms with Gasteiger partial charge in [-0.05, 0) is 75.6 Å². The Morgan fingerprint density at radius 2 is 1.65 bits per heavy atom. The number of carbonyl (C=O) groups excluding carboxylic acids is 1. The molecule has 1 amide bonds. The molecule has 0 radical (unpaired) electrons. The molecule has 1 unspecified atom stereocenters. The first-order chi connectivity index (χ1) is 17.8. The van der Waals surface area contributed by atoms with Gasteiger partial charge in [0.1, 0.15) is 12.3 Å². The number of rotatable bonds is 10. The van der Waals surface area contributed by atoms with E-state index >= 15 is 0 Å². The van der Waals surface area contributed by atoms with E-state index in [4.69, 9.17) is 4.74 Å². The minimum absolute atomic E-state index is 0.114. The molecule has 8 heteroatoms. The van der Waals surface area contributed by atoms with Crippen molar-refractivity contribution in [1.29, 1.82) is 0 Å². The van der Waals surface area contributed by atoms with Crippen molar-refractivity contribution in [2.24, 2.45) is 0 Å². The van der Waals surface area contributed by atoms with E-state index in [1.165, 1.54) is 18.5 Å². The Kier molecular flexibility index (Phi) is 8.38. The van der Waals surface area contributed by atoms with Gasteiger partial charge in [0.15, 0.2) is 0 Å². The van der Waals surface area contributed by atoms with Crippen molar-refractivity contribution in [1.82, 2.24) is 5.32 Å². The zero-order valence-corrected chi connectivity index (χ0v) is 22.5. The third kappa shape index (κ3) is 6.25. The van der Waals surface area contributed by atoms with Crippen LogP contribution in [0.25, 0.3) is 0 Å². The summed E-state index contributed by atoms with van der Waals surface area (Å²) >= 11 is 0. The van der Waals surface area contributed by atoms with Crippen LogP contribution in [0.1, 0.15) is 43.9 Å². The molecule has 7 nitrogen and oxygen atoms in total. The van der Waals surface area contributed by atoms with Crippen molar-refractivity contribution in [3.05, 3.63) is 83.9 Å². The second kappa shape index (κ2) is 11.7. The summed E-state index contributed by atoms with van der Waals surface area (Å²) < 4.78 is 34.3. The molecular weight excluding hydrogens is 486 g/mol. The molecule has 0 aromatic heterocycles. The summed E-state index contributed by atoms with van der Waals surface area (Å²) in [6.45, 7) is 7.75. The molecule has 3 aromatic rings. The zero-order valence-electron chi connectivity index (χ0n) is 21.7. The normalized spacial score (nSPS) is 14.3. The van der Waals surface area contributed by atoms with E-state index in [-0.39, 0.29) is 17.5 Å². The summed E-state index contributed by atoms with van der Waals surface area (Å²) in [6.07, 6.45) is 2.42. The molecule has 0 bridgehead atoms. The number of hydrogen-bond donors (Lipinski definition) is 1. The number of hydrogen-bond acceptors (Lipinski definition) is 5. The molecule has 1 aliphatic heterocycles. The first-order valence-corrected chi connectivity index (χ1v) is 14.2. The maximum Gasteiger partial charge on any atom is 0.264 e. The Morgan fingerprint density at radius 3 is 2.30 bits per heavy atom. The second-order valence-electron chi connectivity index (χ2n) is 9.30. The lowest BCUT2D eigenvalue weighted by atomic mass is 10.1. The topological polar surface area (TPSA) is 79.0 Å². The monoisotopic (exact) mass is 521 g/mol. The number of sulfonamides is 1. The molecule has 1 N–H and O–H groups in total. The Hall–Kier alpha value is -3.52. The highest BCUT2D eigenvalue weighted by atomic mass is 32.2. The van der Waals surface area contributed by atoms with Gasteiger partial charge in [-0.15, -0.1) is 0 Å². The highest BCUT2D eigenvalue weighted by molar-refractivity contribution is 7.92. The molecule has 1 heterocycles. The fourth-order valence-corrected chi connectivity index (χ4v) is 5.96. The molecular formula is C29H35N3O4S. The van der Waals surface area contributed by atoms with Crippen LogP contribution in [0.4, 0.5) is 11.4 Å². The Balaban J connectivity index is 1.56. The minimum atomic E-state index is -4.04. The van der Waals surface area contributed by atoms with E-state index in [1.54, 1.807) is 48.5 Å². The fourth-order valence-electron chi connectivity index (χ4n) is 4.53. The number of carbonyl (C=O) groups is 1. The first-order valence-electron chi connectivity index (χ1n) is 12.7. The van der Waals surface area contributed by atoms with E-state index in [0.717, 1.165) is 28.5 Å². The third-order valence-electron chi connectivity index (χ3n) is 6.57. The number of aryl methyl sites for hydroxylation is 1. The van der Waals surface area contributed by atoms with E-state index in [0.29, 0.717) is 18.0 Å². The van der Waals surface area contributed by atoms with Crippen LogP contribution in [0.2, 0.25) is 0 Å². The molecule has 1 fully saturated rings. The molecule has 37 heavy (non-hydrogen) atoms. The van der Waals surface area contributed by atoms with E-state index in [1.807, 2.05) is 32.9 Å². The van der Waals surface area contributed by atoms with Crippen LogP contribution in [0.3, 0.4) is 0 Å². The summed E-state index contributed by atoms with van der Waals surface area (Å²) in [6, 6.07) is 21.4. The van der Waals surface area contributed by atoms with Crippen LogP contribution in [-0.4, -0.2) is 40.6 Å². The van der Waals surface area contributed by atoms with E-state index in [9.17, 15) is 13.2 Å². The van der Waals surface area contributed by atoms with Gasteiger partial charge in [-0.3, -0.25) is 9.10 Å². The molecule has 1 saturated heterocycles. The Morgan fingerprint density at radius 1 is 1.00 bits per heavy atom. The maximum absolute atomic E-state index is 13.7. The number of para-hydroxylation sites is 2. The van der Waals surface area contributed by atoms with Crippen molar-refractivity contribution in [3.8, 4) is 5.75 Å². The summed E-state index contributed by atoms with van der Waals surface area (Å²) in [7, 11) is -4.04. The van der Waals surface area contributed by atoms with Crippen LogP contribution < -0.4 is 19.3 Å². The highest BCUT2D eigenvalue weighted by Crippen LogP contribution is 2.32. The van der Waals surface area contributed by atoms with Crippen LogP contribution in [0.5, 0.6) is 5.75 Å². The van der Waals surface area contributed by atoms with Gasteiger partial charge >= 0.3 is 0 Å². The Bertz CT molecular complexity index is 1300. The van der Waals surface area contributed by atoms with Crippen molar-refractivity contribution >= 4 is 27.3 Å². The highest BCUT2D eigenvalue weighted by Gasteiger charge is 2.30. The molecule has 4 rings (SSSR count). The summed E-state index contributed by atoms with van der Waals surface area (Å²) in [5.74, 6) is -0.00264. The maximum atomic E-state index is 13.7. The lowest BCUT2D eigenvalue weighted by Crippen LogP contribution is -2.41.